The van der Waals surface area contributed by atoms with Crippen LogP contribution in [0.15, 0.2) is 11.8 Å². The van der Waals surface area contributed by atoms with Crippen molar-refractivity contribution in [3.05, 3.63) is 11.8 Å². The van der Waals surface area contributed by atoms with E-state index in [9.17, 15) is 9.59 Å². The smallest absolute Gasteiger partial charge is 0.302 e. The Balaban J connectivity index is 1.97. The Kier molecular flexibility index (Phi) is 4.53. The lowest BCUT2D eigenvalue weighted by atomic mass is 9.44. The molecule has 5 atom stereocenters. The van der Waals surface area contributed by atoms with Gasteiger partial charge in [0.15, 0.2) is 0 Å². The van der Waals surface area contributed by atoms with Gasteiger partial charge in [-0.1, -0.05) is 27.7 Å². The molecule has 0 unspecified atom stereocenters. The van der Waals surface area contributed by atoms with Crippen molar-refractivity contribution in [2.24, 2.45) is 22.7 Å². The third-order valence-corrected chi connectivity index (χ3v) is 7.69. The van der Waals surface area contributed by atoms with Gasteiger partial charge in [0, 0.05) is 30.3 Å². The van der Waals surface area contributed by atoms with E-state index >= 15 is 0 Å². The summed E-state index contributed by atoms with van der Waals surface area (Å²) in [7, 11) is 0. The minimum absolute atomic E-state index is 0.0279. The molecule has 3 fully saturated rings. The average Bonchev–Trinajstić information content (AvgIpc) is 2.94. The summed E-state index contributed by atoms with van der Waals surface area (Å²) in [4.78, 5) is 22.5. The number of aldehydes is 1. The Hall–Kier alpha value is -1.32. The molecule has 3 aliphatic rings. The fourth-order valence-corrected chi connectivity index (χ4v) is 6.43. The molecule has 2 saturated carbocycles. The Labute approximate surface area is 151 Å². The van der Waals surface area contributed by atoms with Crippen LogP contribution in [0.2, 0.25) is 0 Å². The molecule has 4 heteroatoms. The topological polar surface area (TPSA) is 52.6 Å². The Morgan fingerprint density at radius 3 is 2.56 bits per heavy atom. The van der Waals surface area contributed by atoms with E-state index in [0.29, 0.717) is 11.8 Å². The Bertz CT molecular complexity index is 593. The summed E-state index contributed by atoms with van der Waals surface area (Å²) in [5.74, 6) is 1.55. The monoisotopic (exact) mass is 348 g/mol. The minimum Gasteiger partial charge on any atom is -0.491 e. The van der Waals surface area contributed by atoms with Crippen LogP contribution in [0.4, 0.5) is 0 Å². The van der Waals surface area contributed by atoms with Crippen LogP contribution < -0.4 is 0 Å². The number of hydrogen-bond donors (Lipinski definition) is 0. The van der Waals surface area contributed by atoms with E-state index in [2.05, 4.69) is 27.7 Å². The van der Waals surface area contributed by atoms with Crippen LogP contribution in [0.1, 0.15) is 73.1 Å². The van der Waals surface area contributed by atoms with Gasteiger partial charge in [-0.25, -0.2) is 0 Å². The lowest BCUT2D eigenvalue weighted by molar-refractivity contribution is -0.230. The third kappa shape index (κ3) is 2.63. The summed E-state index contributed by atoms with van der Waals surface area (Å²) in [5, 5.41) is 0. The lowest BCUT2D eigenvalue weighted by Crippen LogP contribution is -2.64. The van der Waals surface area contributed by atoms with Crippen LogP contribution in [0.25, 0.3) is 0 Å². The van der Waals surface area contributed by atoms with Gasteiger partial charge in [0.05, 0.1) is 0 Å². The van der Waals surface area contributed by atoms with E-state index in [1.165, 1.54) is 6.92 Å². The SMILES string of the molecule is CC(=O)O[C@H]1CC[C@@]2(C)[C@@H](CC[C@@H](C)[C@]23CC/C(=C\C=O)O3)C1(C)C. The van der Waals surface area contributed by atoms with Gasteiger partial charge in [0.1, 0.15) is 23.8 Å². The zero-order chi connectivity index (χ0) is 18.5. The fraction of sp³-hybridized carbons (Fsp3) is 0.810. The molecule has 1 aliphatic heterocycles. The molecule has 0 bridgehead atoms. The summed E-state index contributed by atoms with van der Waals surface area (Å²) >= 11 is 0. The van der Waals surface area contributed by atoms with Gasteiger partial charge in [-0.15, -0.1) is 0 Å². The van der Waals surface area contributed by atoms with Gasteiger partial charge >= 0.3 is 5.97 Å². The normalized spacial score (nSPS) is 44.2. The van der Waals surface area contributed by atoms with Crippen LogP contribution in [0.5, 0.6) is 0 Å². The van der Waals surface area contributed by atoms with Crippen molar-refractivity contribution in [2.75, 3.05) is 0 Å². The number of esters is 1. The van der Waals surface area contributed by atoms with Crippen molar-refractivity contribution in [3.63, 3.8) is 0 Å². The zero-order valence-corrected chi connectivity index (χ0v) is 16.3. The molecule has 1 saturated heterocycles. The molecule has 1 heterocycles. The molecular weight excluding hydrogens is 316 g/mol. The molecule has 2 aliphatic carbocycles. The minimum atomic E-state index is -0.205. The quantitative estimate of drug-likeness (QED) is 0.421. The highest BCUT2D eigenvalue weighted by Gasteiger charge is 2.66. The molecule has 0 radical (unpaired) electrons. The maximum Gasteiger partial charge on any atom is 0.302 e. The van der Waals surface area contributed by atoms with Crippen LogP contribution in [0, 0.1) is 22.7 Å². The number of allylic oxidation sites excluding steroid dienone is 2. The molecule has 0 amide bonds. The number of ether oxygens (including phenoxy) is 2. The zero-order valence-electron chi connectivity index (χ0n) is 16.3. The maximum absolute atomic E-state index is 11.6. The Morgan fingerprint density at radius 2 is 1.92 bits per heavy atom. The largest absolute Gasteiger partial charge is 0.491 e. The second-order valence-electron chi connectivity index (χ2n) is 9.17. The molecule has 0 aromatic heterocycles. The number of carbonyl (C=O) groups is 2. The van der Waals surface area contributed by atoms with Crippen molar-refractivity contribution in [2.45, 2.75) is 84.8 Å². The molecule has 3 rings (SSSR count). The highest BCUT2D eigenvalue weighted by atomic mass is 16.5. The standard InChI is InChI=1S/C21H32O4/c1-14-6-7-17-19(3,4)18(24-15(2)23)9-11-20(17,5)21(14)12-8-16(25-21)10-13-22/h10,13-14,17-18H,6-9,11-12H2,1-5H3/b16-10+/t14-,17+,18+,20+,21-/m1/s1. The van der Waals surface area contributed by atoms with E-state index < -0.39 is 0 Å². The molecular formula is C21H32O4. The highest BCUT2D eigenvalue weighted by Crippen LogP contribution is 2.67. The van der Waals surface area contributed by atoms with Gasteiger partial charge < -0.3 is 9.47 Å². The Morgan fingerprint density at radius 1 is 1.20 bits per heavy atom. The van der Waals surface area contributed by atoms with Crippen LogP contribution >= 0.6 is 0 Å². The first kappa shape index (κ1) is 18.5. The first-order chi connectivity index (χ1) is 11.7. The molecule has 1 spiro atoms. The molecule has 140 valence electrons. The van der Waals surface area contributed by atoms with E-state index in [0.717, 1.165) is 50.6 Å². The van der Waals surface area contributed by atoms with Crippen LogP contribution in [-0.4, -0.2) is 24.0 Å². The molecule has 0 N–H and O–H groups in total. The van der Waals surface area contributed by atoms with E-state index in [4.69, 9.17) is 9.47 Å². The van der Waals surface area contributed by atoms with Crippen LogP contribution in [0.3, 0.4) is 0 Å². The second kappa shape index (κ2) is 6.14. The van der Waals surface area contributed by atoms with Crippen molar-refractivity contribution >= 4 is 12.3 Å². The first-order valence-corrected chi connectivity index (χ1v) is 9.68. The van der Waals surface area contributed by atoms with E-state index in [1.807, 2.05) is 0 Å². The summed E-state index contributed by atoms with van der Waals surface area (Å²) in [5.41, 5.74) is -0.251. The summed E-state index contributed by atoms with van der Waals surface area (Å²) < 4.78 is 12.2. The molecule has 25 heavy (non-hydrogen) atoms. The average molecular weight is 348 g/mol. The highest BCUT2D eigenvalue weighted by molar-refractivity contribution is 5.66. The van der Waals surface area contributed by atoms with Gasteiger partial charge in [0.25, 0.3) is 0 Å². The fourth-order valence-electron chi connectivity index (χ4n) is 6.43. The van der Waals surface area contributed by atoms with Gasteiger partial charge in [-0.05, 0) is 43.9 Å². The predicted molar refractivity (Wildman–Crippen MR) is 95.8 cm³/mol. The number of hydrogen-bond acceptors (Lipinski definition) is 4. The number of carbonyl (C=O) groups excluding carboxylic acids is 2. The van der Waals surface area contributed by atoms with Gasteiger partial charge in [-0.2, -0.15) is 0 Å². The summed E-state index contributed by atoms with van der Waals surface area (Å²) in [6.07, 6.45) is 8.36. The summed E-state index contributed by atoms with van der Waals surface area (Å²) in [6, 6.07) is 0. The van der Waals surface area contributed by atoms with Crippen LogP contribution in [-0.2, 0) is 19.1 Å². The first-order valence-electron chi connectivity index (χ1n) is 9.68. The maximum atomic E-state index is 11.6. The van der Waals surface area contributed by atoms with Crippen molar-refractivity contribution in [3.8, 4) is 0 Å². The van der Waals surface area contributed by atoms with Crippen molar-refractivity contribution in [1.82, 2.24) is 0 Å². The third-order valence-electron chi connectivity index (χ3n) is 7.69. The predicted octanol–water partition coefficient (Wildman–Crippen LogP) is 4.42. The van der Waals surface area contributed by atoms with E-state index in [-0.39, 0.29) is 28.5 Å². The number of rotatable bonds is 2. The second-order valence-corrected chi connectivity index (χ2v) is 9.17. The van der Waals surface area contributed by atoms with Crippen molar-refractivity contribution in [1.29, 1.82) is 0 Å². The van der Waals surface area contributed by atoms with Crippen molar-refractivity contribution < 1.29 is 19.1 Å². The van der Waals surface area contributed by atoms with E-state index in [1.54, 1.807) is 6.08 Å². The molecule has 0 aromatic carbocycles. The lowest BCUT2D eigenvalue weighted by Gasteiger charge is -2.64. The summed E-state index contributed by atoms with van der Waals surface area (Å²) in [6.45, 7) is 10.7. The van der Waals surface area contributed by atoms with Gasteiger partial charge in [-0.3, -0.25) is 9.59 Å². The molecule has 0 aromatic rings. The van der Waals surface area contributed by atoms with Gasteiger partial charge in [0.2, 0.25) is 0 Å². The molecule has 4 nitrogen and oxygen atoms in total. The number of fused-ring (bicyclic) bond motifs is 2.